The zero-order valence-corrected chi connectivity index (χ0v) is 16.3. The second-order valence-electron chi connectivity index (χ2n) is 6.88. The first kappa shape index (κ1) is 19.2. The summed E-state index contributed by atoms with van der Waals surface area (Å²) in [6.07, 6.45) is 3.14. The number of fused-ring (bicyclic) bond motifs is 1. The van der Waals surface area contributed by atoms with Crippen molar-refractivity contribution < 1.29 is 14.3 Å². The Morgan fingerprint density at radius 2 is 2.22 bits per heavy atom. The molecule has 1 amide bonds. The van der Waals surface area contributed by atoms with E-state index in [1.54, 1.807) is 28.0 Å². The fourth-order valence-electron chi connectivity index (χ4n) is 3.27. The molecule has 2 aromatic heterocycles. The van der Waals surface area contributed by atoms with Crippen LogP contribution < -0.4 is 4.74 Å². The van der Waals surface area contributed by atoms with E-state index in [1.807, 2.05) is 21.1 Å². The Morgan fingerprint density at radius 1 is 1.41 bits per heavy atom. The summed E-state index contributed by atoms with van der Waals surface area (Å²) >= 11 is 0. The van der Waals surface area contributed by atoms with E-state index in [4.69, 9.17) is 9.47 Å². The summed E-state index contributed by atoms with van der Waals surface area (Å²) in [5.74, 6) is 0.378. The lowest BCUT2D eigenvalue weighted by Gasteiger charge is -2.32. The lowest BCUT2D eigenvalue weighted by molar-refractivity contribution is 0.0610. The van der Waals surface area contributed by atoms with Crippen LogP contribution in [0.2, 0.25) is 0 Å². The molecule has 1 atom stereocenters. The van der Waals surface area contributed by atoms with Gasteiger partial charge >= 0.3 is 0 Å². The van der Waals surface area contributed by atoms with Crippen molar-refractivity contribution in [2.45, 2.75) is 12.5 Å². The standard InChI is InChI=1S/C18H26N6O3/c1-22(2)7-8-27-12-13-10-24(11-15-17(13)23(3)21-20-15)18(25)14-5-6-19-9-16(14)26-4/h5-6,9,13H,7-8,10-12H2,1-4H3. The van der Waals surface area contributed by atoms with E-state index in [9.17, 15) is 4.79 Å². The Kier molecular flexibility index (Phi) is 6.02. The van der Waals surface area contributed by atoms with Crippen LogP contribution >= 0.6 is 0 Å². The molecule has 3 heterocycles. The Labute approximate surface area is 158 Å². The molecule has 0 N–H and O–H groups in total. The van der Waals surface area contributed by atoms with Crippen molar-refractivity contribution in [1.82, 2.24) is 29.8 Å². The number of rotatable bonds is 7. The van der Waals surface area contributed by atoms with Gasteiger partial charge in [-0.25, -0.2) is 0 Å². The van der Waals surface area contributed by atoms with Crippen LogP contribution in [0.15, 0.2) is 18.5 Å². The third kappa shape index (κ3) is 4.25. The average molecular weight is 374 g/mol. The van der Waals surface area contributed by atoms with Crippen molar-refractivity contribution in [3.63, 3.8) is 0 Å². The van der Waals surface area contributed by atoms with E-state index in [-0.39, 0.29) is 11.8 Å². The van der Waals surface area contributed by atoms with Gasteiger partial charge in [-0.3, -0.25) is 14.5 Å². The van der Waals surface area contributed by atoms with Gasteiger partial charge in [-0.05, 0) is 20.2 Å². The Hall–Kier alpha value is -2.52. The number of aromatic nitrogens is 4. The van der Waals surface area contributed by atoms with Crippen molar-refractivity contribution >= 4 is 5.91 Å². The highest BCUT2D eigenvalue weighted by atomic mass is 16.5. The fourth-order valence-corrected chi connectivity index (χ4v) is 3.27. The third-order valence-corrected chi connectivity index (χ3v) is 4.64. The maximum atomic E-state index is 13.1. The molecule has 0 spiro atoms. The largest absolute Gasteiger partial charge is 0.494 e. The minimum atomic E-state index is -0.108. The molecule has 9 nitrogen and oxygen atoms in total. The van der Waals surface area contributed by atoms with E-state index in [1.165, 1.54) is 7.11 Å². The van der Waals surface area contributed by atoms with Crippen molar-refractivity contribution in [1.29, 1.82) is 0 Å². The van der Waals surface area contributed by atoms with Gasteiger partial charge in [0.2, 0.25) is 0 Å². The number of pyridine rings is 1. The first-order valence-electron chi connectivity index (χ1n) is 8.89. The Balaban J connectivity index is 1.77. The minimum absolute atomic E-state index is 0.0210. The zero-order valence-electron chi connectivity index (χ0n) is 16.3. The number of aryl methyl sites for hydroxylation is 1. The van der Waals surface area contributed by atoms with Crippen LogP contribution in [0.3, 0.4) is 0 Å². The maximum Gasteiger partial charge on any atom is 0.258 e. The number of amides is 1. The predicted octanol–water partition coefficient (Wildman–Crippen LogP) is 0.537. The molecule has 0 aromatic carbocycles. The number of hydrogen-bond acceptors (Lipinski definition) is 7. The van der Waals surface area contributed by atoms with Crippen LogP contribution in [0.1, 0.15) is 27.7 Å². The molecule has 146 valence electrons. The molecule has 2 aromatic rings. The number of likely N-dealkylation sites (N-methyl/N-ethyl adjacent to an activating group) is 1. The molecule has 9 heteroatoms. The molecule has 0 saturated carbocycles. The van der Waals surface area contributed by atoms with Gasteiger partial charge in [0, 0.05) is 32.3 Å². The van der Waals surface area contributed by atoms with Gasteiger partial charge < -0.3 is 19.3 Å². The molecular formula is C18H26N6O3. The lowest BCUT2D eigenvalue weighted by atomic mass is 9.98. The number of carbonyl (C=O) groups excluding carboxylic acids is 1. The van der Waals surface area contributed by atoms with Gasteiger partial charge in [0.15, 0.2) is 0 Å². The van der Waals surface area contributed by atoms with Crippen molar-refractivity contribution in [3.05, 3.63) is 35.4 Å². The summed E-state index contributed by atoms with van der Waals surface area (Å²) < 4.78 is 12.9. The van der Waals surface area contributed by atoms with E-state index in [0.717, 1.165) is 17.9 Å². The van der Waals surface area contributed by atoms with Crippen molar-refractivity contribution in [2.75, 3.05) is 47.5 Å². The smallest absolute Gasteiger partial charge is 0.258 e. The fraction of sp³-hybridized carbons (Fsp3) is 0.556. The van der Waals surface area contributed by atoms with Crippen LogP contribution in [-0.4, -0.2) is 83.2 Å². The van der Waals surface area contributed by atoms with Gasteiger partial charge in [0.05, 0.1) is 44.3 Å². The molecule has 3 rings (SSSR count). The molecule has 1 unspecified atom stereocenters. The van der Waals surface area contributed by atoms with Crippen LogP contribution in [0.4, 0.5) is 0 Å². The monoisotopic (exact) mass is 374 g/mol. The number of carbonyl (C=O) groups is 1. The summed E-state index contributed by atoms with van der Waals surface area (Å²) in [7, 11) is 7.43. The van der Waals surface area contributed by atoms with E-state index in [2.05, 4.69) is 20.2 Å². The molecule has 0 radical (unpaired) electrons. The minimum Gasteiger partial charge on any atom is -0.494 e. The predicted molar refractivity (Wildman–Crippen MR) is 98.6 cm³/mol. The van der Waals surface area contributed by atoms with E-state index < -0.39 is 0 Å². The summed E-state index contributed by atoms with van der Waals surface area (Å²) in [6, 6.07) is 1.68. The van der Waals surface area contributed by atoms with Crippen LogP contribution in [-0.2, 0) is 18.3 Å². The molecule has 0 aliphatic carbocycles. The lowest BCUT2D eigenvalue weighted by Crippen LogP contribution is -2.40. The average Bonchev–Trinajstić information content (AvgIpc) is 3.05. The van der Waals surface area contributed by atoms with Crippen molar-refractivity contribution in [2.24, 2.45) is 7.05 Å². The van der Waals surface area contributed by atoms with Gasteiger partial charge in [-0.15, -0.1) is 5.10 Å². The molecule has 1 aliphatic rings. The van der Waals surface area contributed by atoms with Gasteiger partial charge in [0.25, 0.3) is 5.91 Å². The van der Waals surface area contributed by atoms with Gasteiger partial charge in [0.1, 0.15) is 11.4 Å². The number of hydrogen-bond donors (Lipinski definition) is 0. The Bertz CT molecular complexity index is 791. The topological polar surface area (TPSA) is 85.6 Å². The molecular weight excluding hydrogens is 348 g/mol. The molecule has 0 fully saturated rings. The first-order valence-corrected chi connectivity index (χ1v) is 8.89. The van der Waals surface area contributed by atoms with Crippen LogP contribution in [0.5, 0.6) is 5.75 Å². The van der Waals surface area contributed by atoms with Crippen LogP contribution in [0, 0.1) is 0 Å². The second-order valence-corrected chi connectivity index (χ2v) is 6.88. The number of nitrogens with zero attached hydrogens (tertiary/aromatic N) is 6. The quantitative estimate of drug-likeness (QED) is 0.654. The van der Waals surface area contributed by atoms with Gasteiger partial charge in [-0.2, -0.15) is 0 Å². The summed E-state index contributed by atoms with van der Waals surface area (Å²) in [6.45, 7) is 2.96. The molecule has 0 bridgehead atoms. The molecule has 27 heavy (non-hydrogen) atoms. The van der Waals surface area contributed by atoms with Crippen molar-refractivity contribution in [3.8, 4) is 5.75 Å². The van der Waals surface area contributed by atoms with E-state index >= 15 is 0 Å². The first-order chi connectivity index (χ1) is 13.0. The molecule has 0 saturated heterocycles. The third-order valence-electron chi connectivity index (χ3n) is 4.64. The maximum absolute atomic E-state index is 13.1. The summed E-state index contributed by atoms with van der Waals surface area (Å²) in [4.78, 5) is 20.9. The highest BCUT2D eigenvalue weighted by molar-refractivity contribution is 5.96. The summed E-state index contributed by atoms with van der Waals surface area (Å²) in [5, 5.41) is 8.38. The van der Waals surface area contributed by atoms with Gasteiger partial charge in [-0.1, -0.05) is 5.21 Å². The molecule has 1 aliphatic heterocycles. The SMILES string of the molecule is COc1cnccc1C(=O)N1Cc2nnn(C)c2C(COCCN(C)C)C1. The zero-order chi connectivity index (χ0) is 19.4. The highest BCUT2D eigenvalue weighted by Crippen LogP contribution is 2.29. The van der Waals surface area contributed by atoms with Crippen LogP contribution in [0.25, 0.3) is 0 Å². The second kappa shape index (κ2) is 8.45. The van der Waals surface area contributed by atoms with E-state index in [0.29, 0.717) is 37.6 Å². The highest BCUT2D eigenvalue weighted by Gasteiger charge is 2.33. The Morgan fingerprint density at radius 3 is 2.96 bits per heavy atom. The number of ether oxygens (including phenoxy) is 2. The summed E-state index contributed by atoms with van der Waals surface area (Å²) in [5.41, 5.74) is 2.34. The normalized spacial score (nSPS) is 16.5. The number of methoxy groups -OCH3 is 1.